The number of ether oxygens (including phenoxy) is 2. The van der Waals surface area contributed by atoms with Crippen LogP contribution in [0, 0.1) is 0 Å². The Labute approximate surface area is 166 Å². The Hall–Kier alpha value is -3.65. The molecule has 0 fully saturated rings. The molecule has 1 atom stereocenters. The summed E-state index contributed by atoms with van der Waals surface area (Å²) in [6.07, 6.45) is -1.34. The summed E-state index contributed by atoms with van der Waals surface area (Å²) >= 11 is 0. The molecule has 3 amide bonds. The molecule has 0 unspecified atom stereocenters. The van der Waals surface area contributed by atoms with E-state index in [2.05, 4.69) is 10.6 Å². The normalized spacial score (nSPS) is 11.7. The molecule has 8 heteroatoms. The average molecular weight is 396 g/mol. The van der Waals surface area contributed by atoms with Gasteiger partial charge in [-0.25, -0.2) is 9.59 Å². The Balaban J connectivity index is 1.94. The molecule has 8 nitrogen and oxygen atoms in total. The molecule has 2 aromatic carbocycles. The van der Waals surface area contributed by atoms with Crippen molar-refractivity contribution in [2.75, 3.05) is 14.2 Å². The monoisotopic (exact) mass is 396 g/mol. The van der Waals surface area contributed by atoms with Crippen molar-refractivity contribution in [3.8, 4) is 0 Å². The van der Waals surface area contributed by atoms with Crippen LogP contribution in [0.15, 0.2) is 59.0 Å². The Bertz CT molecular complexity index is 1030. The van der Waals surface area contributed by atoms with Crippen LogP contribution in [0.3, 0.4) is 0 Å². The summed E-state index contributed by atoms with van der Waals surface area (Å²) in [7, 11) is 2.87. The zero-order valence-corrected chi connectivity index (χ0v) is 15.9. The van der Waals surface area contributed by atoms with E-state index in [-0.39, 0.29) is 12.4 Å². The maximum Gasteiger partial charge on any atom is 0.375 e. The lowest BCUT2D eigenvalue weighted by atomic mass is 10.1. The molecular weight excluding hydrogens is 376 g/mol. The van der Waals surface area contributed by atoms with Crippen molar-refractivity contribution in [3.63, 3.8) is 0 Å². The van der Waals surface area contributed by atoms with E-state index in [1.54, 1.807) is 48.5 Å². The van der Waals surface area contributed by atoms with Crippen LogP contribution in [-0.4, -0.2) is 32.1 Å². The van der Waals surface area contributed by atoms with Gasteiger partial charge in [-0.05, 0) is 6.07 Å². The molecule has 0 aliphatic carbocycles. The number of esters is 1. The number of hydrogen-bond acceptors (Lipinski definition) is 6. The number of para-hydroxylation sites is 1. The number of carbonyl (C=O) groups is 3. The minimum atomic E-state index is -1.34. The third-order valence-corrected chi connectivity index (χ3v) is 4.20. The lowest BCUT2D eigenvalue weighted by molar-refractivity contribution is -0.129. The van der Waals surface area contributed by atoms with Crippen LogP contribution in [0.4, 0.5) is 4.79 Å². The summed E-state index contributed by atoms with van der Waals surface area (Å²) in [5, 5.41) is 5.13. The van der Waals surface area contributed by atoms with Crippen molar-refractivity contribution >= 4 is 28.9 Å². The zero-order valence-electron chi connectivity index (χ0n) is 15.9. The average Bonchev–Trinajstić information content (AvgIpc) is 3.11. The lowest BCUT2D eigenvalue weighted by Crippen LogP contribution is -2.41. The molecular formula is C21H20N2O6. The summed E-state index contributed by atoms with van der Waals surface area (Å²) < 4.78 is 16.3. The minimum Gasteiger partial charge on any atom is -0.449 e. The number of amides is 3. The minimum absolute atomic E-state index is 0.0540. The molecule has 3 rings (SSSR count). The van der Waals surface area contributed by atoms with E-state index in [0.29, 0.717) is 22.1 Å². The SMILES string of the molecule is CNC(=O)NC(=O)[C@@H](OC(=O)c1oc2ccccc2c1COC)c1ccccc1. The Morgan fingerprint density at radius 3 is 2.41 bits per heavy atom. The van der Waals surface area contributed by atoms with Gasteiger partial charge in [-0.3, -0.25) is 10.1 Å². The largest absolute Gasteiger partial charge is 0.449 e. The first-order chi connectivity index (χ1) is 14.0. The Kier molecular flexibility index (Phi) is 6.25. The second-order valence-corrected chi connectivity index (χ2v) is 6.10. The van der Waals surface area contributed by atoms with E-state index in [1.807, 2.05) is 6.07 Å². The zero-order chi connectivity index (χ0) is 20.8. The first-order valence-electron chi connectivity index (χ1n) is 8.83. The van der Waals surface area contributed by atoms with Gasteiger partial charge in [0.2, 0.25) is 11.9 Å². The number of nitrogens with one attached hydrogen (secondary N) is 2. The van der Waals surface area contributed by atoms with Crippen LogP contribution in [0.2, 0.25) is 0 Å². The molecule has 1 aromatic heterocycles. The molecule has 0 spiro atoms. The highest BCUT2D eigenvalue weighted by Crippen LogP contribution is 2.29. The third-order valence-electron chi connectivity index (χ3n) is 4.20. The molecule has 150 valence electrons. The van der Waals surface area contributed by atoms with Gasteiger partial charge >= 0.3 is 12.0 Å². The van der Waals surface area contributed by atoms with Crippen molar-refractivity contribution in [1.82, 2.24) is 10.6 Å². The number of furan rings is 1. The van der Waals surface area contributed by atoms with E-state index >= 15 is 0 Å². The van der Waals surface area contributed by atoms with Crippen molar-refractivity contribution in [3.05, 3.63) is 71.5 Å². The number of urea groups is 1. The van der Waals surface area contributed by atoms with E-state index in [1.165, 1.54) is 14.2 Å². The van der Waals surface area contributed by atoms with Crippen molar-refractivity contribution in [2.24, 2.45) is 0 Å². The van der Waals surface area contributed by atoms with E-state index in [0.717, 1.165) is 0 Å². The topological polar surface area (TPSA) is 107 Å². The predicted molar refractivity (Wildman–Crippen MR) is 104 cm³/mol. The first kappa shape index (κ1) is 20.1. The molecule has 1 heterocycles. The summed E-state index contributed by atoms with van der Waals surface area (Å²) in [5.41, 5.74) is 1.43. The van der Waals surface area contributed by atoms with Gasteiger partial charge in [-0.2, -0.15) is 0 Å². The highest BCUT2D eigenvalue weighted by molar-refractivity contribution is 6.00. The number of hydrogen-bond donors (Lipinski definition) is 2. The van der Waals surface area contributed by atoms with Crippen LogP contribution in [0.5, 0.6) is 0 Å². The number of methoxy groups -OCH3 is 1. The van der Waals surface area contributed by atoms with Crippen LogP contribution < -0.4 is 10.6 Å². The molecule has 0 radical (unpaired) electrons. The first-order valence-corrected chi connectivity index (χ1v) is 8.83. The van der Waals surface area contributed by atoms with E-state index < -0.39 is 24.0 Å². The van der Waals surface area contributed by atoms with Gasteiger partial charge in [0.15, 0.2) is 0 Å². The van der Waals surface area contributed by atoms with E-state index in [9.17, 15) is 14.4 Å². The Morgan fingerprint density at radius 2 is 1.72 bits per heavy atom. The molecule has 3 aromatic rings. The molecule has 0 saturated carbocycles. The number of benzene rings is 2. The van der Waals surface area contributed by atoms with Gasteiger partial charge < -0.3 is 19.2 Å². The fourth-order valence-electron chi connectivity index (χ4n) is 2.85. The van der Waals surface area contributed by atoms with Crippen LogP contribution in [0.1, 0.15) is 27.8 Å². The van der Waals surface area contributed by atoms with Crippen molar-refractivity contribution < 1.29 is 28.3 Å². The maximum atomic E-state index is 12.9. The van der Waals surface area contributed by atoms with Gasteiger partial charge in [0.1, 0.15) is 5.58 Å². The van der Waals surface area contributed by atoms with E-state index in [4.69, 9.17) is 13.9 Å². The van der Waals surface area contributed by atoms with Gasteiger partial charge in [-0.15, -0.1) is 0 Å². The molecule has 0 saturated heterocycles. The van der Waals surface area contributed by atoms with Gasteiger partial charge in [0, 0.05) is 30.7 Å². The highest BCUT2D eigenvalue weighted by Gasteiger charge is 2.30. The number of carbonyl (C=O) groups excluding carboxylic acids is 3. The van der Waals surface area contributed by atoms with Crippen LogP contribution in [-0.2, 0) is 20.9 Å². The van der Waals surface area contributed by atoms with Gasteiger partial charge in [-0.1, -0.05) is 48.5 Å². The van der Waals surface area contributed by atoms with Crippen molar-refractivity contribution in [1.29, 1.82) is 0 Å². The smallest absolute Gasteiger partial charge is 0.375 e. The molecule has 0 aliphatic rings. The second kappa shape index (κ2) is 9.03. The number of imide groups is 1. The fraction of sp³-hybridized carbons (Fsp3) is 0.190. The van der Waals surface area contributed by atoms with Crippen LogP contribution in [0.25, 0.3) is 11.0 Å². The van der Waals surface area contributed by atoms with Crippen molar-refractivity contribution in [2.45, 2.75) is 12.7 Å². The summed E-state index contributed by atoms with van der Waals surface area (Å²) in [4.78, 5) is 37.0. The number of rotatable bonds is 6. The quantitative estimate of drug-likeness (QED) is 0.621. The predicted octanol–water partition coefficient (Wildman–Crippen LogP) is 2.93. The Morgan fingerprint density at radius 1 is 1.03 bits per heavy atom. The summed E-state index contributed by atoms with van der Waals surface area (Å²) in [5.74, 6) is -1.68. The second-order valence-electron chi connectivity index (χ2n) is 6.10. The molecule has 0 bridgehead atoms. The third kappa shape index (κ3) is 4.44. The lowest BCUT2D eigenvalue weighted by Gasteiger charge is -2.17. The molecule has 29 heavy (non-hydrogen) atoms. The summed E-state index contributed by atoms with van der Waals surface area (Å²) in [6, 6.07) is 14.8. The molecule has 0 aliphatic heterocycles. The maximum absolute atomic E-state index is 12.9. The highest BCUT2D eigenvalue weighted by atomic mass is 16.6. The molecule has 2 N–H and O–H groups in total. The number of fused-ring (bicyclic) bond motifs is 1. The fourth-order valence-corrected chi connectivity index (χ4v) is 2.85. The van der Waals surface area contributed by atoms with Gasteiger partial charge in [0.25, 0.3) is 5.91 Å². The van der Waals surface area contributed by atoms with Crippen LogP contribution >= 0.6 is 0 Å². The summed E-state index contributed by atoms with van der Waals surface area (Å²) in [6.45, 7) is 0.127. The standard InChI is InChI=1S/C21H20N2O6/c1-22-21(26)23-19(24)17(13-8-4-3-5-9-13)29-20(25)18-15(12-27-2)14-10-6-7-11-16(14)28-18/h3-11,17H,12H2,1-2H3,(H2,22,23,24,26)/t17-/m0/s1. The van der Waals surface area contributed by atoms with Gasteiger partial charge in [0.05, 0.1) is 6.61 Å².